The van der Waals surface area contributed by atoms with Gasteiger partial charge in [0.05, 0.1) is 12.4 Å². The van der Waals surface area contributed by atoms with Gasteiger partial charge < -0.3 is 10.2 Å². The molecule has 0 bridgehead atoms. The van der Waals surface area contributed by atoms with Crippen LogP contribution in [-0.2, 0) is 0 Å². The molecule has 2 heteroatoms. The van der Waals surface area contributed by atoms with Crippen molar-refractivity contribution < 1.29 is 10.2 Å². The van der Waals surface area contributed by atoms with Gasteiger partial charge in [-0.25, -0.2) is 0 Å². The van der Waals surface area contributed by atoms with E-state index < -0.39 is 0 Å². The van der Waals surface area contributed by atoms with Crippen LogP contribution in [0.2, 0.25) is 0 Å². The Labute approximate surface area is 43.1 Å². The largest absolute Gasteiger partial charge is 0.513 e. The summed E-state index contributed by atoms with van der Waals surface area (Å²) in [5.74, 6) is 0.252. The first kappa shape index (κ1) is 6.50. The van der Waals surface area contributed by atoms with Gasteiger partial charge >= 0.3 is 0 Å². The van der Waals surface area contributed by atoms with Crippen LogP contribution < -0.4 is 0 Å². The second kappa shape index (κ2) is 3.68. The van der Waals surface area contributed by atoms with Crippen molar-refractivity contribution in [1.29, 1.82) is 0 Å². The van der Waals surface area contributed by atoms with E-state index in [0.717, 1.165) is 0 Å². The normalized spacial score (nSPS) is 12.0. The molecular formula is C5H10O2. The minimum absolute atomic E-state index is 0.0698. The van der Waals surface area contributed by atoms with Crippen LogP contribution in [0.4, 0.5) is 0 Å². The first-order valence-electron chi connectivity index (χ1n) is 2.30. The molecule has 0 aliphatic rings. The lowest BCUT2D eigenvalue weighted by atomic mass is 10.4. The van der Waals surface area contributed by atoms with Crippen molar-refractivity contribution in [2.75, 3.05) is 6.61 Å². The second-order valence-corrected chi connectivity index (χ2v) is 1.23. The Bertz CT molecular complexity index is 66.5. The third-order valence-corrected chi connectivity index (χ3v) is 0.689. The summed E-state index contributed by atoms with van der Waals surface area (Å²) in [7, 11) is 0. The smallest absolute Gasteiger partial charge is 0.0902 e. The summed E-state index contributed by atoms with van der Waals surface area (Å²) in [5.41, 5.74) is 0. The number of rotatable bonds is 2. The zero-order chi connectivity index (χ0) is 5.70. The molecule has 2 N–H and O–H groups in total. The molecule has 42 valence electrons. The molecule has 0 fully saturated rings. The lowest BCUT2D eigenvalue weighted by Crippen LogP contribution is -1.79. The van der Waals surface area contributed by atoms with Crippen molar-refractivity contribution in [2.45, 2.75) is 13.3 Å². The maximum Gasteiger partial charge on any atom is 0.0902 e. The van der Waals surface area contributed by atoms with Crippen LogP contribution in [0.1, 0.15) is 13.3 Å². The van der Waals surface area contributed by atoms with Gasteiger partial charge in [-0.15, -0.1) is 0 Å². The van der Waals surface area contributed by atoms with Gasteiger partial charge in [-0.3, -0.25) is 0 Å². The van der Waals surface area contributed by atoms with Gasteiger partial charge in [-0.05, 0) is 6.08 Å². The molecule has 0 aromatic rings. The Balaban J connectivity index is 3.29. The molecule has 0 unspecified atom stereocenters. The zero-order valence-corrected chi connectivity index (χ0v) is 4.39. The molecule has 2 nitrogen and oxygen atoms in total. The summed E-state index contributed by atoms with van der Waals surface area (Å²) in [6.07, 6.45) is 1.97. The van der Waals surface area contributed by atoms with Crippen LogP contribution >= 0.6 is 0 Å². The van der Waals surface area contributed by atoms with E-state index >= 15 is 0 Å². The van der Waals surface area contributed by atoms with Gasteiger partial charge in [0.15, 0.2) is 0 Å². The minimum atomic E-state index is -0.0698. The van der Waals surface area contributed by atoms with E-state index in [4.69, 9.17) is 10.2 Å². The molecule has 0 atom stereocenters. The van der Waals surface area contributed by atoms with E-state index in [2.05, 4.69) is 0 Å². The fraction of sp³-hybridized carbons (Fsp3) is 0.600. The Morgan fingerprint density at radius 1 is 1.71 bits per heavy atom. The number of aliphatic hydroxyl groups is 2. The molecule has 0 rings (SSSR count). The molecule has 0 spiro atoms. The minimum Gasteiger partial charge on any atom is -0.513 e. The second-order valence-electron chi connectivity index (χ2n) is 1.23. The maximum absolute atomic E-state index is 8.56. The lowest BCUT2D eigenvalue weighted by molar-refractivity contribution is 0.326. The van der Waals surface area contributed by atoms with E-state index in [9.17, 15) is 0 Å². The summed E-state index contributed by atoms with van der Waals surface area (Å²) in [4.78, 5) is 0. The van der Waals surface area contributed by atoms with E-state index in [1.807, 2.05) is 6.92 Å². The molecule has 0 radical (unpaired) electrons. The predicted molar refractivity (Wildman–Crippen MR) is 28.1 cm³/mol. The predicted octanol–water partition coefficient (Wildman–Crippen LogP) is 0.831. The molecular weight excluding hydrogens is 92.1 g/mol. The van der Waals surface area contributed by atoms with Crippen molar-refractivity contribution in [3.05, 3.63) is 11.8 Å². The molecule has 0 saturated heterocycles. The van der Waals surface area contributed by atoms with E-state index in [1.165, 1.54) is 6.08 Å². The van der Waals surface area contributed by atoms with Crippen molar-refractivity contribution in [3.8, 4) is 0 Å². The SMILES string of the molecule is CCC(O)=CCO. The van der Waals surface area contributed by atoms with E-state index in [0.29, 0.717) is 6.42 Å². The van der Waals surface area contributed by atoms with Crippen LogP contribution in [0.15, 0.2) is 11.8 Å². The summed E-state index contributed by atoms with van der Waals surface area (Å²) in [6, 6.07) is 0. The van der Waals surface area contributed by atoms with Crippen LogP contribution in [0.5, 0.6) is 0 Å². The highest BCUT2D eigenvalue weighted by molar-refractivity contribution is 4.88. The molecule has 0 aromatic heterocycles. The van der Waals surface area contributed by atoms with Gasteiger partial charge in [0.2, 0.25) is 0 Å². The fourth-order valence-electron chi connectivity index (χ4n) is 0.250. The first-order valence-corrected chi connectivity index (χ1v) is 2.30. The molecule has 0 heterocycles. The van der Waals surface area contributed by atoms with Crippen molar-refractivity contribution in [1.82, 2.24) is 0 Å². The van der Waals surface area contributed by atoms with Gasteiger partial charge in [0, 0.05) is 6.42 Å². The van der Waals surface area contributed by atoms with Crippen molar-refractivity contribution in [3.63, 3.8) is 0 Å². The van der Waals surface area contributed by atoms with Crippen LogP contribution in [-0.4, -0.2) is 16.8 Å². The highest BCUT2D eigenvalue weighted by atomic mass is 16.3. The number of hydrogen-bond acceptors (Lipinski definition) is 2. The maximum atomic E-state index is 8.56. The molecule has 0 aromatic carbocycles. The van der Waals surface area contributed by atoms with Gasteiger partial charge in [-0.1, -0.05) is 6.92 Å². The van der Waals surface area contributed by atoms with Crippen LogP contribution in [0, 0.1) is 0 Å². The number of aliphatic hydroxyl groups excluding tert-OH is 2. The quantitative estimate of drug-likeness (QED) is 0.507. The molecule has 0 aliphatic carbocycles. The highest BCUT2D eigenvalue weighted by Crippen LogP contribution is 1.90. The number of hydrogen-bond donors (Lipinski definition) is 2. The molecule has 7 heavy (non-hydrogen) atoms. The van der Waals surface area contributed by atoms with Gasteiger partial charge in [-0.2, -0.15) is 0 Å². The molecule has 0 amide bonds. The standard InChI is InChI=1S/C5H10O2/c1-2-5(7)3-4-6/h3,6-7H,2,4H2,1H3. The summed E-state index contributed by atoms with van der Waals surface area (Å²) in [6.45, 7) is 1.75. The summed E-state index contributed by atoms with van der Waals surface area (Å²) >= 11 is 0. The van der Waals surface area contributed by atoms with Gasteiger partial charge in [0.25, 0.3) is 0 Å². The summed E-state index contributed by atoms with van der Waals surface area (Å²) in [5, 5.41) is 16.7. The average molecular weight is 102 g/mol. The number of allylic oxidation sites excluding steroid dienone is 1. The molecule has 0 aliphatic heterocycles. The van der Waals surface area contributed by atoms with Crippen molar-refractivity contribution in [2.24, 2.45) is 0 Å². The van der Waals surface area contributed by atoms with E-state index in [1.54, 1.807) is 0 Å². The zero-order valence-electron chi connectivity index (χ0n) is 4.39. The average Bonchev–Trinajstić information content (AvgIpc) is 1.68. The van der Waals surface area contributed by atoms with Gasteiger partial charge in [0.1, 0.15) is 0 Å². The third-order valence-electron chi connectivity index (χ3n) is 0.689. The van der Waals surface area contributed by atoms with E-state index in [-0.39, 0.29) is 12.4 Å². The third kappa shape index (κ3) is 3.33. The van der Waals surface area contributed by atoms with Crippen LogP contribution in [0.25, 0.3) is 0 Å². The Morgan fingerprint density at radius 2 is 2.29 bits per heavy atom. The Kier molecular flexibility index (Phi) is 3.42. The summed E-state index contributed by atoms with van der Waals surface area (Å²) < 4.78 is 0. The first-order chi connectivity index (χ1) is 3.31. The topological polar surface area (TPSA) is 40.5 Å². The Hall–Kier alpha value is -0.500. The highest BCUT2D eigenvalue weighted by Gasteiger charge is 1.80. The monoisotopic (exact) mass is 102 g/mol. The van der Waals surface area contributed by atoms with Crippen molar-refractivity contribution >= 4 is 0 Å². The Morgan fingerprint density at radius 3 is 2.43 bits per heavy atom. The van der Waals surface area contributed by atoms with Crippen LogP contribution in [0.3, 0.4) is 0 Å². The lowest BCUT2D eigenvalue weighted by Gasteiger charge is -1.87. The fourth-order valence-corrected chi connectivity index (χ4v) is 0.250. The molecule has 0 saturated carbocycles.